The number of benzene rings is 2. The third kappa shape index (κ3) is 6.66. The first-order chi connectivity index (χ1) is 21.3. The monoisotopic (exact) mass is 617 g/mol. The minimum atomic E-state index is -0.0919. The maximum atomic E-state index is 13.9. The highest BCUT2D eigenvalue weighted by molar-refractivity contribution is 6.31. The van der Waals surface area contributed by atoms with Crippen molar-refractivity contribution in [3.63, 3.8) is 0 Å². The molecule has 2 aromatic carbocycles. The van der Waals surface area contributed by atoms with Crippen LogP contribution in [0.4, 0.5) is 5.69 Å². The van der Waals surface area contributed by atoms with Gasteiger partial charge < -0.3 is 19.7 Å². The third-order valence-electron chi connectivity index (χ3n) is 10.1. The van der Waals surface area contributed by atoms with Crippen molar-refractivity contribution in [3.05, 3.63) is 65.3 Å². The first kappa shape index (κ1) is 30.7. The highest BCUT2D eigenvalue weighted by Gasteiger charge is 2.41. The van der Waals surface area contributed by atoms with E-state index in [0.29, 0.717) is 56.1 Å². The van der Waals surface area contributed by atoms with Gasteiger partial charge in [-0.05, 0) is 87.1 Å². The van der Waals surface area contributed by atoms with Crippen molar-refractivity contribution in [3.8, 4) is 0 Å². The van der Waals surface area contributed by atoms with Crippen molar-refractivity contribution in [1.29, 1.82) is 0 Å². The van der Waals surface area contributed by atoms with Crippen molar-refractivity contribution in [2.45, 2.75) is 83.5 Å². The molecule has 3 aliphatic heterocycles. The van der Waals surface area contributed by atoms with Crippen LogP contribution in [0.1, 0.15) is 57.4 Å². The van der Waals surface area contributed by atoms with E-state index in [0.717, 1.165) is 60.8 Å². The summed E-state index contributed by atoms with van der Waals surface area (Å²) in [5.41, 5.74) is 2.92. The lowest BCUT2D eigenvalue weighted by Crippen LogP contribution is -2.51. The van der Waals surface area contributed by atoms with Gasteiger partial charge in [0, 0.05) is 79.6 Å². The molecule has 2 atom stereocenters. The van der Waals surface area contributed by atoms with E-state index in [1.54, 1.807) is 6.92 Å². The smallest absolute Gasteiger partial charge is 0.240 e. The predicted molar refractivity (Wildman–Crippen MR) is 175 cm³/mol. The quantitative estimate of drug-likeness (QED) is 0.349. The number of carbonyl (C=O) groups excluding carboxylic acids is 3. The minimum Gasteiger partial charge on any atom is -0.352 e. The average Bonchev–Trinajstić information content (AvgIpc) is 3.52. The molecule has 8 nitrogen and oxygen atoms in total. The number of hydrogen-bond donors (Lipinski definition) is 1. The van der Waals surface area contributed by atoms with E-state index in [1.807, 2.05) is 57.8 Å². The largest absolute Gasteiger partial charge is 0.352 e. The fourth-order valence-corrected chi connectivity index (χ4v) is 7.83. The zero-order valence-electron chi connectivity index (χ0n) is 25.9. The van der Waals surface area contributed by atoms with Crippen molar-refractivity contribution in [2.24, 2.45) is 5.92 Å². The summed E-state index contributed by atoms with van der Waals surface area (Å²) >= 11 is 6.50. The maximum Gasteiger partial charge on any atom is 0.240 e. The van der Waals surface area contributed by atoms with E-state index in [2.05, 4.69) is 28.4 Å². The Bertz CT molecular complexity index is 1500. The number of aromatic nitrogens is 1. The minimum absolute atomic E-state index is 0.0734. The molecule has 3 amide bonds. The molecular formula is C35H44ClN5O3. The molecule has 1 N–H and O–H groups in total. The van der Waals surface area contributed by atoms with Crippen molar-refractivity contribution >= 4 is 45.9 Å². The molecule has 6 rings (SSSR count). The number of hydrogen-bond acceptors (Lipinski definition) is 4. The number of nitrogens with one attached hydrogen (secondary N) is 1. The summed E-state index contributed by atoms with van der Waals surface area (Å²) in [6, 6.07) is 17.2. The molecule has 2 unspecified atom stereocenters. The second-order valence-electron chi connectivity index (χ2n) is 12.9. The van der Waals surface area contributed by atoms with Gasteiger partial charge in [-0.1, -0.05) is 35.9 Å². The van der Waals surface area contributed by atoms with Gasteiger partial charge in [0.05, 0.1) is 0 Å². The molecule has 1 aromatic heterocycles. The molecule has 0 aliphatic carbocycles. The van der Waals surface area contributed by atoms with Crippen molar-refractivity contribution < 1.29 is 14.4 Å². The predicted octanol–water partition coefficient (Wildman–Crippen LogP) is 5.40. The molecule has 2 bridgehead atoms. The molecule has 3 saturated heterocycles. The van der Waals surface area contributed by atoms with Crippen LogP contribution in [0.25, 0.3) is 10.9 Å². The first-order valence-corrected chi connectivity index (χ1v) is 16.6. The molecule has 3 aliphatic rings. The first-order valence-electron chi connectivity index (χ1n) is 16.2. The second-order valence-corrected chi connectivity index (χ2v) is 13.3. The van der Waals surface area contributed by atoms with Gasteiger partial charge in [0.2, 0.25) is 17.7 Å². The standard InChI is InChI=1S/C35H44ClN5O3/c1-24-8-9-31(22-32(24)36)41(35(44)27-13-17-38(18-14-27)25(2)42)16-5-15-40-29-10-11-30(40)21-28(20-29)37-34(43)23-39-19-12-26-6-3-4-7-33(26)39/h3-4,6-9,12,19,22,27-30H,5,10-11,13-18,20-21,23H2,1-2H3,(H,37,43). The summed E-state index contributed by atoms with van der Waals surface area (Å²) in [6.07, 6.45) is 8.50. The lowest BCUT2D eigenvalue weighted by atomic mass is 9.94. The highest BCUT2D eigenvalue weighted by Crippen LogP contribution is 2.36. The van der Waals surface area contributed by atoms with Crippen LogP contribution >= 0.6 is 11.6 Å². The molecule has 3 aromatic rings. The Morgan fingerprint density at radius 1 is 0.977 bits per heavy atom. The number of rotatable bonds is 9. The number of carbonyl (C=O) groups is 3. The van der Waals surface area contributed by atoms with Gasteiger partial charge in [0.1, 0.15) is 6.54 Å². The molecule has 4 heterocycles. The van der Waals surface area contributed by atoms with Gasteiger partial charge in [0.25, 0.3) is 0 Å². The van der Waals surface area contributed by atoms with Gasteiger partial charge in [-0.3, -0.25) is 19.3 Å². The number of amides is 3. The van der Waals surface area contributed by atoms with Crippen molar-refractivity contribution in [2.75, 3.05) is 31.1 Å². The van der Waals surface area contributed by atoms with E-state index in [-0.39, 0.29) is 29.7 Å². The summed E-state index contributed by atoms with van der Waals surface area (Å²) < 4.78 is 2.02. The number of likely N-dealkylation sites (tertiary alicyclic amines) is 1. The van der Waals surface area contributed by atoms with Gasteiger partial charge in [0.15, 0.2) is 0 Å². The van der Waals surface area contributed by atoms with E-state index in [1.165, 1.54) is 0 Å². The Kier molecular flexibility index (Phi) is 9.29. The number of halogens is 1. The Hall–Kier alpha value is -3.36. The fraction of sp³-hybridized carbons (Fsp3) is 0.514. The Morgan fingerprint density at radius 3 is 2.41 bits per heavy atom. The summed E-state index contributed by atoms with van der Waals surface area (Å²) in [5, 5.41) is 5.15. The van der Waals surface area contributed by atoms with E-state index in [4.69, 9.17) is 11.6 Å². The Balaban J connectivity index is 1.04. The summed E-state index contributed by atoms with van der Waals surface area (Å²) in [5.74, 6) is 0.188. The summed E-state index contributed by atoms with van der Waals surface area (Å²) in [6.45, 7) is 6.72. The van der Waals surface area contributed by atoms with Crippen LogP contribution in [0, 0.1) is 12.8 Å². The summed E-state index contributed by atoms with van der Waals surface area (Å²) in [4.78, 5) is 45.1. The molecule has 3 fully saturated rings. The van der Waals surface area contributed by atoms with Crippen LogP contribution in [-0.4, -0.2) is 76.4 Å². The number of anilines is 1. The molecule has 0 spiro atoms. The van der Waals surface area contributed by atoms with Crippen LogP contribution in [-0.2, 0) is 20.9 Å². The highest BCUT2D eigenvalue weighted by atomic mass is 35.5. The van der Waals surface area contributed by atoms with Gasteiger partial charge in [-0.15, -0.1) is 0 Å². The molecule has 0 saturated carbocycles. The number of fused-ring (bicyclic) bond motifs is 3. The normalized spacial score (nSPS) is 22.3. The molecule has 44 heavy (non-hydrogen) atoms. The lowest BCUT2D eigenvalue weighted by molar-refractivity contribution is -0.133. The number of para-hydroxylation sites is 1. The SMILES string of the molecule is CC(=O)N1CCC(C(=O)N(CCCN2C3CCC2CC(NC(=O)Cn2ccc4ccccc42)C3)c2ccc(C)c(Cl)c2)CC1. The second kappa shape index (κ2) is 13.3. The van der Waals surface area contributed by atoms with E-state index < -0.39 is 0 Å². The zero-order chi connectivity index (χ0) is 30.8. The molecule has 9 heteroatoms. The molecule has 0 radical (unpaired) electrons. The maximum absolute atomic E-state index is 13.9. The zero-order valence-corrected chi connectivity index (χ0v) is 26.6. The van der Waals surface area contributed by atoms with Gasteiger partial charge >= 0.3 is 0 Å². The third-order valence-corrected chi connectivity index (χ3v) is 10.5. The van der Waals surface area contributed by atoms with Gasteiger partial charge in [-0.25, -0.2) is 0 Å². The fourth-order valence-electron chi connectivity index (χ4n) is 7.65. The molecular weight excluding hydrogens is 574 g/mol. The van der Waals surface area contributed by atoms with E-state index in [9.17, 15) is 14.4 Å². The number of piperidine rings is 2. The Labute approximate surface area is 265 Å². The van der Waals surface area contributed by atoms with Crippen LogP contribution in [0.2, 0.25) is 5.02 Å². The topological polar surface area (TPSA) is 77.9 Å². The molecule has 234 valence electrons. The number of aryl methyl sites for hydroxylation is 1. The lowest BCUT2D eigenvalue weighted by Gasteiger charge is -2.40. The van der Waals surface area contributed by atoms with Crippen LogP contribution < -0.4 is 10.2 Å². The van der Waals surface area contributed by atoms with Crippen LogP contribution in [0.15, 0.2) is 54.7 Å². The van der Waals surface area contributed by atoms with Crippen molar-refractivity contribution in [1.82, 2.24) is 19.7 Å². The Morgan fingerprint density at radius 2 is 1.70 bits per heavy atom. The van der Waals surface area contributed by atoms with Gasteiger partial charge in [-0.2, -0.15) is 0 Å². The number of nitrogens with zero attached hydrogens (tertiary/aromatic N) is 4. The summed E-state index contributed by atoms with van der Waals surface area (Å²) in [7, 11) is 0. The van der Waals surface area contributed by atoms with Crippen LogP contribution in [0.5, 0.6) is 0 Å². The average molecular weight is 618 g/mol. The van der Waals surface area contributed by atoms with Crippen LogP contribution in [0.3, 0.4) is 0 Å². The van der Waals surface area contributed by atoms with E-state index >= 15 is 0 Å².